The molecule has 2 aliphatic rings. The van der Waals surface area contributed by atoms with Gasteiger partial charge in [0.1, 0.15) is 0 Å². The van der Waals surface area contributed by atoms with Gasteiger partial charge in [0.25, 0.3) is 0 Å². The van der Waals surface area contributed by atoms with Crippen molar-refractivity contribution >= 4 is 0 Å². The van der Waals surface area contributed by atoms with Gasteiger partial charge in [0.05, 0.1) is 0 Å². The first-order valence-electron chi connectivity index (χ1n) is 4.92. The van der Waals surface area contributed by atoms with Gasteiger partial charge >= 0.3 is 0 Å². The van der Waals surface area contributed by atoms with E-state index in [9.17, 15) is 0 Å². The van der Waals surface area contributed by atoms with Crippen molar-refractivity contribution < 1.29 is 0 Å². The Balaban J connectivity index is 2.24. The Morgan fingerprint density at radius 1 is 1.42 bits per heavy atom. The van der Waals surface area contributed by atoms with E-state index in [1.165, 1.54) is 32.2 Å². The Hall–Kier alpha value is -0.560. The van der Waals surface area contributed by atoms with Crippen LogP contribution in [0.3, 0.4) is 0 Å². The zero-order valence-corrected chi connectivity index (χ0v) is 7.77. The molecule has 1 saturated heterocycles. The van der Waals surface area contributed by atoms with E-state index in [-0.39, 0.29) is 5.54 Å². The second-order valence-electron chi connectivity index (χ2n) is 4.04. The highest BCUT2D eigenvalue weighted by Crippen LogP contribution is 2.30. The lowest BCUT2D eigenvalue weighted by Crippen LogP contribution is -2.43. The summed E-state index contributed by atoms with van der Waals surface area (Å²) in [7, 11) is 0. The highest BCUT2D eigenvalue weighted by atomic mass is 15.0. The van der Waals surface area contributed by atoms with E-state index in [1.807, 2.05) is 0 Å². The van der Waals surface area contributed by atoms with Crippen LogP contribution in [-0.2, 0) is 0 Å². The lowest BCUT2D eigenvalue weighted by atomic mass is 9.83. The molecule has 1 unspecified atom stereocenters. The van der Waals surface area contributed by atoms with E-state index in [0.717, 1.165) is 0 Å². The molecule has 0 aromatic carbocycles. The van der Waals surface area contributed by atoms with Gasteiger partial charge in [-0.15, -0.1) is 0 Å². The van der Waals surface area contributed by atoms with E-state index in [0.29, 0.717) is 0 Å². The Bertz CT molecular complexity index is 227. The number of allylic oxidation sites excluding steroid dienone is 2. The monoisotopic (exact) mass is 163 g/mol. The van der Waals surface area contributed by atoms with Gasteiger partial charge in [0.2, 0.25) is 0 Å². The summed E-state index contributed by atoms with van der Waals surface area (Å²) in [5.74, 6) is 0. The molecule has 0 amide bonds. The van der Waals surface area contributed by atoms with Crippen molar-refractivity contribution in [1.82, 2.24) is 5.32 Å². The molecule has 66 valence electrons. The predicted octanol–water partition coefficient (Wildman–Crippen LogP) is 2.40. The molecule has 1 nitrogen and oxygen atoms in total. The van der Waals surface area contributed by atoms with Crippen molar-refractivity contribution in [2.24, 2.45) is 0 Å². The number of rotatable bonds is 0. The van der Waals surface area contributed by atoms with Crippen LogP contribution in [0.15, 0.2) is 23.8 Å². The third-order valence-electron chi connectivity index (χ3n) is 3.06. The molecule has 0 aromatic rings. The van der Waals surface area contributed by atoms with Crippen molar-refractivity contribution in [3.8, 4) is 0 Å². The fraction of sp³-hybridized carbons (Fsp3) is 0.636. The molecular weight excluding hydrogens is 146 g/mol. The lowest BCUT2D eigenvalue weighted by Gasteiger charge is -2.32. The molecule has 1 heterocycles. The van der Waals surface area contributed by atoms with Gasteiger partial charge in [0, 0.05) is 5.54 Å². The van der Waals surface area contributed by atoms with E-state index in [1.54, 1.807) is 5.57 Å². The molecular formula is C11H17N. The van der Waals surface area contributed by atoms with Crippen molar-refractivity contribution in [3.05, 3.63) is 23.8 Å². The molecule has 1 aliphatic carbocycles. The van der Waals surface area contributed by atoms with Gasteiger partial charge in [-0.2, -0.15) is 0 Å². The van der Waals surface area contributed by atoms with E-state index < -0.39 is 0 Å². The molecule has 1 aliphatic heterocycles. The van der Waals surface area contributed by atoms with Gasteiger partial charge in [-0.1, -0.05) is 23.8 Å². The molecule has 12 heavy (non-hydrogen) atoms. The maximum atomic E-state index is 3.64. The molecule has 0 bridgehead atoms. The Labute approximate surface area is 74.5 Å². The van der Waals surface area contributed by atoms with Crippen LogP contribution in [-0.4, -0.2) is 12.1 Å². The molecule has 1 fully saturated rings. The number of nitrogens with one attached hydrogen (secondary N) is 1. The largest absolute Gasteiger partial charge is 0.308 e. The minimum atomic E-state index is 0.283. The topological polar surface area (TPSA) is 12.0 Å². The van der Waals surface area contributed by atoms with Crippen LogP contribution < -0.4 is 5.32 Å². The van der Waals surface area contributed by atoms with E-state index in [4.69, 9.17) is 0 Å². The maximum absolute atomic E-state index is 3.64. The maximum Gasteiger partial charge on any atom is 0.0403 e. The zero-order valence-electron chi connectivity index (χ0n) is 7.77. The minimum absolute atomic E-state index is 0.283. The summed E-state index contributed by atoms with van der Waals surface area (Å²) in [6.45, 7) is 3.51. The SMILES string of the molecule is CC12CC=CC=C1CCCCN2. The molecule has 1 N–H and O–H groups in total. The van der Waals surface area contributed by atoms with Crippen molar-refractivity contribution in [1.29, 1.82) is 0 Å². The molecule has 0 radical (unpaired) electrons. The van der Waals surface area contributed by atoms with Gasteiger partial charge in [-0.3, -0.25) is 0 Å². The summed E-state index contributed by atoms with van der Waals surface area (Å²) in [5.41, 5.74) is 1.88. The summed E-state index contributed by atoms with van der Waals surface area (Å²) in [5, 5.41) is 3.64. The first-order chi connectivity index (χ1) is 5.81. The Kier molecular flexibility index (Phi) is 2.05. The van der Waals surface area contributed by atoms with Gasteiger partial charge in [0.15, 0.2) is 0 Å². The zero-order chi connectivity index (χ0) is 8.44. The smallest absolute Gasteiger partial charge is 0.0403 e. The fourth-order valence-electron chi connectivity index (χ4n) is 2.15. The van der Waals surface area contributed by atoms with Crippen LogP contribution in [0.4, 0.5) is 0 Å². The highest BCUT2D eigenvalue weighted by Gasteiger charge is 2.29. The van der Waals surface area contributed by atoms with Crippen molar-refractivity contribution in [3.63, 3.8) is 0 Å². The normalized spacial score (nSPS) is 35.2. The molecule has 1 atom stereocenters. The quantitative estimate of drug-likeness (QED) is 0.578. The first kappa shape index (κ1) is 8.06. The molecule has 0 saturated carbocycles. The first-order valence-corrected chi connectivity index (χ1v) is 4.92. The number of hydrogen-bond donors (Lipinski definition) is 1. The number of fused-ring (bicyclic) bond motifs is 1. The lowest BCUT2D eigenvalue weighted by molar-refractivity contribution is 0.425. The predicted molar refractivity (Wildman–Crippen MR) is 52.1 cm³/mol. The van der Waals surface area contributed by atoms with Crippen molar-refractivity contribution in [2.45, 2.75) is 38.1 Å². The summed E-state index contributed by atoms with van der Waals surface area (Å²) in [4.78, 5) is 0. The average molecular weight is 163 g/mol. The summed E-state index contributed by atoms with van der Waals surface area (Å²) >= 11 is 0. The van der Waals surface area contributed by atoms with Gasteiger partial charge < -0.3 is 5.32 Å². The molecule has 0 aromatic heterocycles. The van der Waals surface area contributed by atoms with Gasteiger partial charge in [-0.05, 0) is 39.2 Å². The van der Waals surface area contributed by atoms with Crippen molar-refractivity contribution in [2.75, 3.05) is 6.54 Å². The van der Waals surface area contributed by atoms with E-state index in [2.05, 4.69) is 30.5 Å². The molecule has 0 spiro atoms. The fourth-order valence-corrected chi connectivity index (χ4v) is 2.15. The highest BCUT2D eigenvalue weighted by molar-refractivity contribution is 5.30. The van der Waals surface area contributed by atoms with Crippen LogP contribution in [0.5, 0.6) is 0 Å². The van der Waals surface area contributed by atoms with Crippen LogP contribution >= 0.6 is 0 Å². The summed E-state index contributed by atoms with van der Waals surface area (Å²) in [6, 6.07) is 0. The third kappa shape index (κ3) is 1.34. The summed E-state index contributed by atoms with van der Waals surface area (Å²) < 4.78 is 0. The Morgan fingerprint density at radius 3 is 3.25 bits per heavy atom. The average Bonchev–Trinajstić information content (AvgIpc) is 2.25. The van der Waals surface area contributed by atoms with Crippen LogP contribution in [0, 0.1) is 0 Å². The third-order valence-corrected chi connectivity index (χ3v) is 3.06. The second-order valence-corrected chi connectivity index (χ2v) is 4.04. The second kappa shape index (κ2) is 3.06. The number of hydrogen-bond acceptors (Lipinski definition) is 1. The standard InChI is InChI=1S/C11H17N/c1-11-8-4-2-6-10(11)7-3-5-9-12-11/h2,4,6,12H,3,5,7-9H2,1H3. The molecule has 2 rings (SSSR count). The van der Waals surface area contributed by atoms with Crippen LogP contribution in [0.2, 0.25) is 0 Å². The Morgan fingerprint density at radius 2 is 2.33 bits per heavy atom. The summed E-state index contributed by atoms with van der Waals surface area (Å²) in [6.07, 6.45) is 11.9. The van der Waals surface area contributed by atoms with Crippen LogP contribution in [0.25, 0.3) is 0 Å². The van der Waals surface area contributed by atoms with E-state index >= 15 is 0 Å². The minimum Gasteiger partial charge on any atom is -0.308 e. The van der Waals surface area contributed by atoms with Gasteiger partial charge in [-0.25, -0.2) is 0 Å². The van der Waals surface area contributed by atoms with Crippen LogP contribution in [0.1, 0.15) is 32.6 Å². The molecule has 1 heteroatoms.